The summed E-state index contributed by atoms with van der Waals surface area (Å²) in [6.45, 7) is 0.759. The number of aromatic nitrogens is 2. The largest absolute Gasteiger partial charge is 0.505 e. The van der Waals surface area contributed by atoms with Gasteiger partial charge in [-0.25, -0.2) is 18.4 Å². The maximum Gasteiger partial charge on any atom is 0.296 e. The Morgan fingerprint density at radius 1 is 1.56 bits per heavy atom. The van der Waals surface area contributed by atoms with Gasteiger partial charge >= 0.3 is 0 Å². The first-order chi connectivity index (χ1) is 11.7. The number of halogens is 2. The fourth-order valence-electron chi connectivity index (χ4n) is 2.11. The number of carbonyl (C=O) groups is 1. The number of phenols is 1. The molecule has 0 aliphatic carbocycles. The lowest BCUT2D eigenvalue weighted by Crippen LogP contribution is -2.34. The molecule has 3 N–H and O–H groups in total. The number of thioether (sulfide) groups is 1. The van der Waals surface area contributed by atoms with Gasteiger partial charge < -0.3 is 15.8 Å². The molecule has 1 unspecified atom stereocenters. The van der Waals surface area contributed by atoms with Crippen molar-refractivity contribution in [3.8, 4) is 5.75 Å². The molecule has 1 aliphatic rings. The van der Waals surface area contributed by atoms with Gasteiger partial charge in [0.05, 0.1) is 11.1 Å². The lowest BCUT2D eigenvalue weighted by molar-refractivity contribution is -0.384. The molecule has 0 fully saturated rings. The molecular weight excluding hydrogens is 360 g/mol. The number of alkyl halides is 2. The summed E-state index contributed by atoms with van der Waals surface area (Å²) in [5.41, 5.74) is 1.48. The van der Waals surface area contributed by atoms with E-state index < -0.39 is 33.6 Å². The number of para-hydroxylation sites is 1. The first kappa shape index (κ1) is 17.0. The number of anilines is 1. The van der Waals surface area contributed by atoms with Crippen LogP contribution in [0, 0.1) is 10.1 Å². The summed E-state index contributed by atoms with van der Waals surface area (Å²) >= 11 is 0.752. The average Bonchev–Trinajstić information content (AvgIpc) is 3.07. The molecule has 3 rings (SSSR count). The van der Waals surface area contributed by atoms with E-state index >= 15 is 0 Å². The van der Waals surface area contributed by atoms with Crippen molar-refractivity contribution in [3.63, 3.8) is 0 Å². The number of aromatic hydroxyl groups is 1. The van der Waals surface area contributed by atoms with Crippen molar-refractivity contribution < 1.29 is 23.6 Å². The maximum atomic E-state index is 13.3. The van der Waals surface area contributed by atoms with Gasteiger partial charge in [-0.05, 0) is 6.07 Å². The number of imidazole rings is 1. The lowest BCUT2D eigenvalue weighted by atomic mass is 10.2. The number of benzene rings is 1. The number of rotatable bonds is 4. The van der Waals surface area contributed by atoms with E-state index in [0.717, 1.165) is 24.8 Å². The van der Waals surface area contributed by atoms with E-state index in [1.807, 2.05) is 0 Å². The van der Waals surface area contributed by atoms with E-state index in [4.69, 9.17) is 0 Å². The molecule has 0 spiro atoms. The van der Waals surface area contributed by atoms with Gasteiger partial charge in [-0.3, -0.25) is 14.9 Å². The van der Waals surface area contributed by atoms with Gasteiger partial charge in [-0.15, -0.1) is 0 Å². The standard InChI is InChI=1S/C13H11F2N5O4S/c1-13(14,15)11-18-19-5-6(16-12(19)25-11)10(22)17-9-7(20(23)24)3-2-4-8(9)21/h2-5,11,18,21H,1H3,(H,17,22). The number of phenolic OH excluding ortho intramolecular Hbond substituents is 1. The monoisotopic (exact) mass is 371 g/mol. The van der Waals surface area contributed by atoms with Crippen LogP contribution >= 0.6 is 11.8 Å². The third-order valence-electron chi connectivity index (χ3n) is 3.30. The summed E-state index contributed by atoms with van der Waals surface area (Å²) in [6.07, 6.45) is 1.19. The topological polar surface area (TPSA) is 122 Å². The van der Waals surface area contributed by atoms with Crippen molar-refractivity contribution in [1.82, 2.24) is 9.66 Å². The molecular formula is C13H11F2N5O4S. The maximum absolute atomic E-state index is 13.3. The van der Waals surface area contributed by atoms with Crippen LogP contribution in [0.2, 0.25) is 0 Å². The summed E-state index contributed by atoms with van der Waals surface area (Å²) in [6, 6.07) is 3.56. The minimum atomic E-state index is -3.00. The van der Waals surface area contributed by atoms with Crippen molar-refractivity contribution in [2.75, 3.05) is 10.7 Å². The minimum Gasteiger partial charge on any atom is -0.505 e. The second-order valence-electron chi connectivity index (χ2n) is 5.24. The van der Waals surface area contributed by atoms with E-state index in [2.05, 4.69) is 15.7 Å². The predicted molar refractivity (Wildman–Crippen MR) is 84.6 cm³/mol. The van der Waals surface area contributed by atoms with Crippen LogP contribution in [0.5, 0.6) is 5.75 Å². The van der Waals surface area contributed by atoms with Gasteiger partial charge in [0.15, 0.2) is 16.2 Å². The Balaban J connectivity index is 1.81. The Bertz CT molecular complexity index is 843. The Morgan fingerprint density at radius 3 is 2.88 bits per heavy atom. The smallest absolute Gasteiger partial charge is 0.296 e. The minimum absolute atomic E-state index is 0.148. The molecule has 12 heteroatoms. The highest BCUT2D eigenvalue weighted by molar-refractivity contribution is 8.00. The normalized spacial score (nSPS) is 16.2. The zero-order chi connectivity index (χ0) is 18.4. The van der Waals surface area contributed by atoms with Gasteiger partial charge in [0, 0.05) is 13.0 Å². The molecule has 1 aromatic carbocycles. The number of nitro groups is 1. The molecule has 1 aromatic heterocycles. The van der Waals surface area contributed by atoms with E-state index in [9.17, 15) is 28.8 Å². The molecule has 1 amide bonds. The number of nitrogens with one attached hydrogen (secondary N) is 2. The number of nitrogens with zero attached hydrogens (tertiary/aromatic N) is 3. The summed E-state index contributed by atoms with van der Waals surface area (Å²) in [7, 11) is 0. The summed E-state index contributed by atoms with van der Waals surface area (Å²) in [4.78, 5) is 26.4. The molecule has 132 valence electrons. The zero-order valence-electron chi connectivity index (χ0n) is 12.6. The second-order valence-corrected chi connectivity index (χ2v) is 6.32. The van der Waals surface area contributed by atoms with Crippen LogP contribution in [0.3, 0.4) is 0 Å². The highest BCUT2D eigenvalue weighted by Crippen LogP contribution is 2.37. The van der Waals surface area contributed by atoms with Gasteiger partial charge in [0.25, 0.3) is 17.5 Å². The van der Waals surface area contributed by atoms with Crippen molar-refractivity contribution in [2.24, 2.45) is 0 Å². The number of hydrogen-bond donors (Lipinski definition) is 3. The fourth-order valence-corrected chi connectivity index (χ4v) is 3.06. The first-order valence-electron chi connectivity index (χ1n) is 6.85. The lowest BCUT2D eigenvalue weighted by Gasteiger charge is -2.17. The highest BCUT2D eigenvalue weighted by atomic mass is 32.2. The third-order valence-corrected chi connectivity index (χ3v) is 4.56. The third kappa shape index (κ3) is 3.20. The molecule has 1 aliphatic heterocycles. The van der Waals surface area contributed by atoms with Crippen LogP contribution in [-0.2, 0) is 0 Å². The van der Waals surface area contributed by atoms with Crippen LogP contribution < -0.4 is 10.7 Å². The number of amides is 1. The van der Waals surface area contributed by atoms with Crippen LogP contribution in [0.1, 0.15) is 17.4 Å². The van der Waals surface area contributed by atoms with E-state index in [-0.39, 0.29) is 16.5 Å². The number of fused-ring (bicyclic) bond motifs is 1. The summed E-state index contributed by atoms with van der Waals surface area (Å²) < 4.78 is 27.8. The van der Waals surface area contributed by atoms with Crippen molar-refractivity contribution >= 4 is 29.0 Å². The predicted octanol–water partition coefficient (Wildman–Crippen LogP) is 2.38. The number of hydrogen-bond acceptors (Lipinski definition) is 7. The van der Waals surface area contributed by atoms with Gasteiger partial charge in [-0.2, -0.15) is 0 Å². The molecule has 1 atom stereocenters. The molecule has 0 saturated carbocycles. The Kier molecular flexibility index (Phi) is 3.99. The summed E-state index contributed by atoms with van der Waals surface area (Å²) in [5, 5.41) is 21.9. The number of nitro benzene ring substituents is 1. The molecule has 0 radical (unpaired) electrons. The van der Waals surface area contributed by atoms with Crippen LogP contribution in [0.25, 0.3) is 0 Å². The van der Waals surface area contributed by atoms with E-state index in [1.165, 1.54) is 23.0 Å². The van der Waals surface area contributed by atoms with Gasteiger partial charge in [0.1, 0.15) is 11.4 Å². The molecule has 2 heterocycles. The van der Waals surface area contributed by atoms with Gasteiger partial charge in [-0.1, -0.05) is 17.8 Å². The Morgan fingerprint density at radius 2 is 2.28 bits per heavy atom. The van der Waals surface area contributed by atoms with Crippen molar-refractivity contribution in [1.29, 1.82) is 0 Å². The summed E-state index contributed by atoms with van der Waals surface area (Å²) in [5.74, 6) is -4.30. The highest BCUT2D eigenvalue weighted by Gasteiger charge is 2.41. The number of carbonyl (C=O) groups excluding carboxylic acids is 1. The van der Waals surface area contributed by atoms with Crippen molar-refractivity contribution in [3.05, 3.63) is 40.2 Å². The molecule has 9 nitrogen and oxygen atoms in total. The fraction of sp³-hybridized carbons (Fsp3) is 0.231. The molecule has 2 aromatic rings. The Labute approximate surface area is 143 Å². The van der Waals surface area contributed by atoms with Crippen molar-refractivity contribution in [2.45, 2.75) is 23.4 Å². The first-order valence-corrected chi connectivity index (χ1v) is 7.73. The average molecular weight is 371 g/mol. The van der Waals surface area contributed by atoms with Crippen LogP contribution in [0.15, 0.2) is 29.6 Å². The molecule has 25 heavy (non-hydrogen) atoms. The zero-order valence-corrected chi connectivity index (χ0v) is 13.4. The van der Waals surface area contributed by atoms with Gasteiger partial charge in [0.2, 0.25) is 0 Å². The quantitative estimate of drug-likeness (QED) is 0.428. The second kappa shape index (κ2) is 5.88. The van der Waals surface area contributed by atoms with Crippen LogP contribution in [-0.4, -0.2) is 36.9 Å². The Hall–Kier alpha value is -2.89. The van der Waals surface area contributed by atoms with Crippen LogP contribution in [0.4, 0.5) is 20.2 Å². The SMILES string of the molecule is CC(F)(F)C1Nn2cc(C(=O)Nc3c(O)cccc3[N+](=O)[O-])nc2S1. The molecule has 0 bridgehead atoms. The van der Waals surface area contributed by atoms with E-state index in [0.29, 0.717) is 0 Å². The molecule has 0 saturated heterocycles. The van der Waals surface area contributed by atoms with E-state index in [1.54, 1.807) is 0 Å².